The number of hydrazone groups is 1. The van der Waals surface area contributed by atoms with E-state index in [-0.39, 0.29) is 12.8 Å². The van der Waals surface area contributed by atoms with Gasteiger partial charge >= 0.3 is 0 Å². The quantitative estimate of drug-likeness (QED) is 0.298. The van der Waals surface area contributed by atoms with Crippen LogP contribution in [0, 0.1) is 0 Å². The molecule has 5 rings (SSSR count). The van der Waals surface area contributed by atoms with Crippen LogP contribution in [0.3, 0.4) is 0 Å². The molecule has 8 heteroatoms. The fourth-order valence-electron chi connectivity index (χ4n) is 4.19. The van der Waals surface area contributed by atoms with Gasteiger partial charge in [-0.2, -0.15) is 5.10 Å². The molecule has 4 aromatic rings. The van der Waals surface area contributed by atoms with E-state index in [1.807, 2.05) is 42.6 Å². The second kappa shape index (κ2) is 9.95. The standard InChI is InChI=1S/C28H26N4O4/c1-18(2)32-16-21(22-10-6-7-11-23(22)32)15-29-31-28(34)26(19-8-4-3-5-9-19)30-27(33)20-12-13-24-25(14-20)36-17-35-24/h3-16,18,26H,17H2,1-2H3,(H,30,33)(H,31,34)/b29-15-/t26-/m0/s1. The second-order valence-corrected chi connectivity index (χ2v) is 8.72. The molecule has 1 aliphatic heterocycles. The van der Waals surface area contributed by atoms with Crippen LogP contribution in [0.5, 0.6) is 11.5 Å². The molecule has 0 unspecified atom stereocenters. The minimum atomic E-state index is -0.946. The number of carbonyl (C=O) groups excluding carboxylic acids is 2. The van der Waals surface area contributed by atoms with Crippen molar-refractivity contribution < 1.29 is 19.1 Å². The molecule has 0 saturated heterocycles. The fraction of sp³-hybridized carbons (Fsp3) is 0.179. The largest absolute Gasteiger partial charge is 0.454 e. The van der Waals surface area contributed by atoms with Gasteiger partial charge in [-0.15, -0.1) is 0 Å². The van der Waals surface area contributed by atoms with Crippen molar-refractivity contribution in [2.75, 3.05) is 6.79 Å². The van der Waals surface area contributed by atoms with Crippen LogP contribution in [0.4, 0.5) is 0 Å². The lowest BCUT2D eigenvalue weighted by Crippen LogP contribution is -2.38. The van der Waals surface area contributed by atoms with Gasteiger partial charge in [0.05, 0.1) is 6.21 Å². The first-order chi connectivity index (χ1) is 17.5. The van der Waals surface area contributed by atoms with Crippen molar-refractivity contribution in [3.8, 4) is 11.5 Å². The van der Waals surface area contributed by atoms with Gasteiger partial charge in [-0.1, -0.05) is 48.5 Å². The summed E-state index contributed by atoms with van der Waals surface area (Å²) in [5.74, 6) is 0.200. The van der Waals surface area contributed by atoms with Crippen LogP contribution < -0.4 is 20.2 Å². The molecule has 0 saturated carbocycles. The van der Waals surface area contributed by atoms with Gasteiger partial charge in [0, 0.05) is 34.3 Å². The van der Waals surface area contributed by atoms with Crippen molar-refractivity contribution >= 4 is 28.9 Å². The Hall–Kier alpha value is -4.59. The molecule has 0 radical (unpaired) electrons. The van der Waals surface area contributed by atoms with Gasteiger partial charge in [-0.3, -0.25) is 9.59 Å². The van der Waals surface area contributed by atoms with Gasteiger partial charge in [0.25, 0.3) is 11.8 Å². The average molecular weight is 483 g/mol. The maximum absolute atomic E-state index is 13.2. The molecule has 182 valence electrons. The first-order valence-electron chi connectivity index (χ1n) is 11.7. The third kappa shape index (κ3) is 4.65. The number of amides is 2. The minimum absolute atomic E-state index is 0.114. The molecular formula is C28H26N4O4. The van der Waals surface area contributed by atoms with Gasteiger partial charge in [0.15, 0.2) is 11.5 Å². The number of benzene rings is 3. The molecule has 36 heavy (non-hydrogen) atoms. The lowest BCUT2D eigenvalue weighted by atomic mass is 10.1. The number of aromatic nitrogens is 1. The van der Waals surface area contributed by atoms with E-state index < -0.39 is 17.9 Å². The number of carbonyl (C=O) groups is 2. The Bertz CT molecular complexity index is 1440. The molecule has 0 aliphatic carbocycles. The Morgan fingerprint density at radius 1 is 0.972 bits per heavy atom. The summed E-state index contributed by atoms with van der Waals surface area (Å²) in [7, 11) is 0. The van der Waals surface area contributed by atoms with Crippen LogP contribution in [-0.2, 0) is 4.79 Å². The van der Waals surface area contributed by atoms with Gasteiger partial charge < -0.3 is 19.4 Å². The highest BCUT2D eigenvalue weighted by Gasteiger charge is 2.24. The van der Waals surface area contributed by atoms with Gasteiger partial charge in [-0.05, 0) is 43.7 Å². The van der Waals surface area contributed by atoms with Crippen LogP contribution in [-0.4, -0.2) is 29.4 Å². The first-order valence-corrected chi connectivity index (χ1v) is 11.7. The predicted molar refractivity (Wildman–Crippen MR) is 137 cm³/mol. The van der Waals surface area contributed by atoms with E-state index in [9.17, 15) is 9.59 Å². The highest BCUT2D eigenvalue weighted by Crippen LogP contribution is 2.32. The topological polar surface area (TPSA) is 94.0 Å². The van der Waals surface area contributed by atoms with Crippen LogP contribution in [0.1, 0.15) is 47.4 Å². The Kier molecular flexibility index (Phi) is 6.40. The van der Waals surface area contributed by atoms with Crippen molar-refractivity contribution in [2.24, 2.45) is 5.10 Å². The summed E-state index contributed by atoms with van der Waals surface area (Å²) in [5.41, 5.74) is 5.57. The monoisotopic (exact) mass is 482 g/mol. The molecule has 3 aromatic carbocycles. The zero-order valence-corrected chi connectivity index (χ0v) is 20.0. The number of nitrogens with one attached hydrogen (secondary N) is 2. The third-order valence-corrected chi connectivity index (χ3v) is 6.01. The van der Waals surface area contributed by atoms with E-state index in [1.165, 1.54) is 0 Å². The Labute approximate surface area is 208 Å². The van der Waals surface area contributed by atoms with E-state index in [2.05, 4.69) is 40.3 Å². The normalized spacial score (nSPS) is 13.3. The molecule has 2 amide bonds. The lowest BCUT2D eigenvalue weighted by molar-refractivity contribution is -0.123. The van der Waals surface area contributed by atoms with Gasteiger partial charge in [0.1, 0.15) is 6.04 Å². The van der Waals surface area contributed by atoms with E-state index in [1.54, 1.807) is 36.5 Å². The summed E-state index contributed by atoms with van der Waals surface area (Å²) in [6.45, 7) is 4.34. The Balaban J connectivity index is 1.35. The molecule has 0 spiro atoms. The molecule has 1 atom stereocenters. The first kappa shape index (κ1) is 23.2. The van der Waals surface area contributed by atoms with Crippen LogP contribution in [0.25, 0.3) is 10.9 Å². The molecule has 8 nitrogen and oxygen atoms in total. The molecule has 1 aliphatic rings. The van der Waals surface area contributed by atoms with Gasteiger partial charge in [0.2, 0.25) is 6.79 Å². The summed E-state index contributed by atoms with van der Waals surface area (Å²) in [6, 6.07) is 21.3. The van der Waals surface area contributed by atoms with E-state index in [0.717, 1.165) is 16.5 Å². The van der Waals surface area contributed by atoms with Crippen molar-refractivity contribution in [1.82, 2.24) is 15.3 Å². The number of fused-ring (bicyclic) bond motifs is 2. The van der Waals surface area contributed by atoms with E-state index >= 15 is 0 Å². The highest BCUT2D eigenvalue weighted by molar-refractivity contribution is 6.01. The number of nitrogens with zero attached hydrogens (tertiary/aromatic N) is 2. The summed E-state index contributed by atoms with van der Waals surface area (Å²) in [4.78, 5) is 26.2. The number of para-hydroxylation sites is 1. The van der Waals surface area contributed by atoms with E-state index in [4.69, 9.17) is 9.47 Å². The zero-order valence-electron chi connectivity index (χ0n) is 20.0. The molecule has 0 fully saturated rings. The minimum Gasteiger partial charge on any atom is -0.454 e. The summed E-state index contributed by atoms with van der Waals surface area (Å²) < 4.78 is 12.8. The van der Waals surface area contributed by atoms with Crippen LogP contribution in [0.15, 0.2) is 84.1 Å². The van der Waals surface area contributed by atoms with E-state index in [0.29, 0.717) is 22.6 Å². The number of hydrogen-bond acceptors (Lipinski definition) is 5. The summed E-state index contributed by atoms with van der Waals surface area (Å²) in [5, 5.41) is 8.07. The maximum atomic E-state index is 13.2. The van der Waals surface area contributed by atoms with Crippen LogP contribution >= 0.6 is 0 Å². The third-order valence-electron chi connectivity index (χ3n) is 6.01. The Morgan fingerprint density at radius 2 is 1.72 bits per heavy atom. The molecule has 0 bridgehead atoms. The number of rotatable bonds is 7. The summed E-state index contributed by atoms with van der Waals surface area (Å²) >= 11 is 0. The fourth-order valence-corrected chi connectivity index (χ4v) is 4.19. The molecule has 2 heterocycles. The summed E-state index contributed by atoms with van der Waals surface area (Å²) in [6.07, 6.45) is 3.64. The van der Waals surface area contributed by atoms with Crippen molar-refractivity contribution in [3.63, 3.8) is 0 Å². The number of hydrogen-bond donors (Lipinski definition) is 2. The average Bonchev–Trinajstić information content (AvgIpc) is 3.52. The number of ether oxygens (including phenoxy) is 2. The zero-order chi connectivity index (χ0) is 25.1. The van der Waals surface area contributed by atoms with Crippen molar-refractivity contribution in [1.29, 1.82) is 0 Å². The van der Waals surface area contributed by atoms with Crippen LogP contribution in [0.2, 0.25) is 0 Å². The van der Waals surface area contributed by atoms with Crippen molar-refractivity contribution in [3.05, 3.63) is 95.7 Å². The maximum Gasteiger partial charge on any atom is 0.267 e. The molecular weight excluding hydrogens is 456 g/mol. The highest BCUT2D eigenvalue weighted by atomic mass is 16.7. The smallest absolute Gasteiger partial charge is 0.267 e. The van der Waals surface area contributed by atoms with Crippen molar-refractivity contribution in [2.45, 2.75) is 25.9 Å². The lowest BCUT2D eigenvalue weighted by Gasteiger charge is -2.17. The molecule has 2 N–H and O–H groups in total. The second-order valence-electron chi connectivity index (χ2n) is 8.72. The predicted octanol–water partition coefficient (Wildman–Crippen LogP) is 4.57. The Morgan fingerprint density at radius 3 is 2.53 bits per heavy atom. The SMILES string of the molecule is CC(C)n1cc(/C=N\NC(=O)[C@@H](NC(=O)c2ccc3c(c2)OCO3)c2ccccc2)c2ccccc21. The van der Waals surface area contributed by atoms with Gasteiger partial charge in [-0.25, -0.2) is 5.43 Å². The molecule has 1 aromatic heterocycles.